The van der Waals surface area contributed by atoms with E-state index in [1.54, 1.807) is 0 Å². The first-order valence-electron chi connectivity index (χ1n) is 7.62. The Bertz CT molecular complexity index is 569. The SMILES string of the molecule is CCc1cc(O)c2c(c1)OC(C)(C)[C@H]1CC=C(C)C[C@H]21. The van der Waals surface area contributed by atoms with Gasteiger partial charge in [0.1, 0.15) is 17.1 Å². The van der Waals surface area contributed by atoms with Crippen LogP contribution in [-0.2, 0) is 6.42 Å². The molecule has 20 heavy (non-hydrogen) atoms. The normalized spacial score (nSPS) is 27.1. The van der Waals surface area contributed by atoms with Crippen LogP contribution in [0.2, 0.25) is 0 Å². The molecule has 2 nitrogen and oxygen atoms in total. The van der Waals surface area contributed by atoms with E-state index in [4.69, 9.17) is 4.74 Å². The Kier molecular flexibility index (Phi) is 3.07. The molecule has 1 aromatic carbocycles. The molecule has 0 fully saturated rings. The molecule has 1 N–H and O–H groups in total. The maximum Gasteiger partial charge on any atom is 0.127 e. The Hall–Kier alpha value is -1.44. The van der Waals surface area contributed by atoms with Gasteiger partial charge >= 0.3 is 0 Å². The summed E-state index contributed by atoms with van der Waals surface area (Å²) in [7, 11) is 0. The van der Waals surface area contributed by atoms with Crippen LogP contribution in [0.15, 0.2) is 23.8 Å². The summed E-state index contributed by atoms with van der Waals surface area (Å²) in [6, 6.07) is 4.02. The quantitative estimate of drug-likeness (QED) is 0.759. The van der Waals surface area contributed by atoms with Crippen molar-refractivity contribution >= 4 is 0 Å². The van der Waals surface area contributed by atoms with Gasteiger partial charge in [-0.2, -0.15) is 0 Å². The van der Waals surface area contributed by atoms with Crippen LogP contribution in [0.25, 0.3) is 0 Å². The smallest absolute Gasteiger partial charge is 0.127 e. The van der Waals surface area contributed by atoms with Gasteiger partial charge in [0.05, 0.1) is 0 Å². The van der Waals surface area contributed by atoms with E-state index < -0.39 is 0 Å². The van der Waals surface area contributed by atoms with E-state index in [0.717, 1.165) is 36.1 Å². The van der Waals surface area contributed by atoms with Crippen LogP contribution >= 0.6 is 0 Å². The minimum atomic E-state index is -0.173. The molecule has 108 valence electrons. The molecule has 0 unspecified atom stereocenters. The first kappa shape index (κ1) is 13.5. The fraction of sp³-hybridized carbons (Fsp3) is 0.556. The van der Waals surface area contributed by atoms with Crippen molar-refractivity contribution in [2.45, 2.75) is 58.5 Å². The molecule has 0 radical (unpaired) electrons. The molecule has 2 aliphatic rings. The Labute approximate surface area is 121 Å². The molecule has 2 atom stereocenters. The molecular formula is C18H24O2. The average molecular weight is 272 g/mol. The van der Waals surface area contributed by atoms with E-state index in [2.05, 4.69) is 39.8 Å². The zero-order valence-electron chi connectivity index (χ0n) is 12.9. The first-order chi connectivity index (χ1) is 9.42. The van der Waals surface area contributed by atoms with Gasteiger partial charge in [0.25, 0.3) is 0 Å². The minimum absolute atomic E-state index is 0.173. The van der Waals surface area contributed by atoms with Gasteiger partial charge in [-0.1, -0.05) is 18.6 Å². The Balaban J connectivity index is 2.15. The van der Waals surface area contributed by atoms with E-state index in [0.29, 0.717) is 17.6 Å². The van der Waals surface area contributed by atoms with Crippen molar-refractivity contribution in [3.63, 3.8) is 0 Å². The van der Waals surface area contributed by atoms with Gasteiger partial charge in [-0.05, 0) is 57.7 Å². The molecule has 0 spiro atoms. The van der Waals surface area contributed by atoms with Gasteiger partial charge in [-0.15, -0.1) is 0 Å². The largest absolute Gasteiger partial charge is 0.508 e. The molecule has 0 amide bonds. The third kappa shape index (κ3) is 2.02. The number of fused-ring (bicyclic) bond motifs is 3. The van der Waals surface area contributed by atoms with E-state index in [9.17, 15) is 5.11 Å². The third-order valence-corrected chi connectivity index (χ3v) is 4.97. The van der Waals surface area contributed by atoms with E-state index in [1.165, 1.54) is 5.57 Å². The lowest BCUT2D eigenvalue weighted by Crippen LogP contribution is -2.45. The number of allylic oxidation sites excluding steroid dienone is 2. The number of hydrogen-bond donors (Lipinski definition) is 1. The predicted molar refractivity (Wildman–Crippen MR) is 81.4 cm³/mol. The third-order valence-electron chi connectivity index (χ3n) is 4.97. The van der Waals surface area contributed by atoms with Crippen molar-refractivity contribution in [3.05, 3.63) is 34.9 Å². The highest BCUT2D eigenvalue weighted by Gasteiger charge is 2.45. The van der Waals surface area contributed by atoms with Crippen molar-refractivity contribution in [1.82, 2.24) is 0 Å². The van der Waals surface area contributed by atoms with Crippen LogP contribution in [0.5, 0.6) is 11.5 Å². The number of benzene rings is 1. The zero-order valence-corrected chi connectivity index (χ0v) is 12.9. The highest BCUT2D eigenvalue weighted by Crippen LogP contribution is 2.54. The molecule has 2 heteroatoms. The second kappa shape index (κ2) is 4.54. The van der Waals surface area contributed by atoms with Crippen molar-refractivity contribution in [1.29, 1.82) is 0 Å². The van der Waals surface area contributed by atoms with Crippen LogP contribution < -0.4 is 4.74 Å². The summed E-state index contributed by atoms with van der Waals surface area (Å²) >= 11 is 0. The molecule has 0 saturated heterocycles. The van der Waals surface area contributed by atoms with E-state index in [-0.39, 0.29) is 5.60 Å². The number of aryl methyl sites for hydroxylation is 1. The Morgan fingerprint density at radius 1 is 1.35 bits per heavy atom. The molecule has 3 rings (SSSR count). The summed E-state index contributed by atoms with van der Waals surface area (Å²) in [6.07, 6.45) is 5.31. The maximum absolute atomic E-state index is 10.5. The lowest BCUT2D eigenvalue weighted by molar-refractivity contribution is 0.00753. The van der Waals surface area contributed by atoms with Gasteiger partial charge in [0.2, 0.25) is 0 Å². The number of rotatable bonds is 1. The van der Waals surface area contributed by atoms with Crippen LogP contribution in [0.3, 0.4) is 0 Å². The summed E-state index contributed by atoms with van der Waals surface area (Å²) < 4.78 is 6.26. The van der Waals surface area contributed by atoms with Crippen molar-refractivity contribution in [2.24, 2.45) is 5.92 Å². The molecule has 0 bridgehead atoms. The summed E-state index contributed by atoms with van der Waals surface area (Å²) in [5.74, 6) is 2.13. The number of aromatic hydroxyl groups is 1. The lowest BCUT2D eigenvalue weighted by Gasteiger charge is -2.47. The second-order valence-corrected chi connectivity index (χ2v) is 6.79. The number of phenols is 1. The Morgan fingerprint density at radius 2 is 2.10 bits per heavy atom. The van der Waals surface area contributed by atoms with Gasteiger partial charge in [-0.3, -0.25) is 0 Å². The maximum atomic E-state index is 10.5. The summed E-state index contributed by atoms with van der Waals surface area (Å²) in [5.41, 5.74) is 3.42. The summed E-state index contributed by atoms with van der Waals surface area (Å²) in [6.45, 7) is 8.65. The number of hydrogen-bond acceptors (Lipinski definition) is 2. The first-order valence-corrected chi connectivity index (χ1v) is 7.62. The van der Waals surface area contributed by atoms with Crippen LogP contribution in [0.4, 0.5) is 0 Å². The molecule has 1 heterocycles. The van der Waals surface area contributed by atoms with Crippen molar-refractivity contribution in [3.8, 4) is 11.5 Å². The molecule has 1 aromatic rings. The minimum Gasteiger partial charge on any atom is -0.508 e. The zero-order chi connectivity index (χ0) is 14.5. The van der Waals surface area contributed by atoms with Gasteiger partial charge in [-0.25, -0.2) is 0 Å². The Morgan fingerprint density at radius 3 is 2.80 bits per heavy atom. The number of ether oxygens (including phenoxy) is 1. The molecule has 0 saturated carbocycles. The highest BCUT2D eigenvalue weighted by molar-refractivity contribution is 5.52. The topological polar surface area (TPSA) is 29.5 Å². The van der Waals surface area contributed by atoms with Gasteiger partial charge in [0, 0.05) is 17.4 Å². The van der Waals surface area contributed by atoms with Gasteiger partial charge < -0.3 is 9.84 Å². The fourth-order valence-corrected chi connectivity index (χ4v) is 3.82. The predicted octanol–water partition coefficient (Wildman–Crippen LogP) is 4.57. The molecular weight excluding hydrogens is 248 g/mol. The van der Waals surface area contributed by atoms with Crippen molar-refractivity contribution < 1.29 is 9.84 Å². The summed E-state index contributed by atoms with van der Waals surface area (Å²) in [4.78, 5) is 0. The average Bonchev–Trinajstić information content (AvgIpc) is 2.36. The lowest BCUT2D eigenvalue weighted by atomic mass is 9.67. The standard InChI is InChI=1S/C18H24O2/c1-5-12-9-15(19)17-13-8-11(2)6-7-14(13)18(3,4)20-16(17)10-12/h6,9-10,13-14,19H,5,7-8H2,1-4H3/t13-,14-/m0/s1. The highest BCUT2D eigenvalue weighted by atomic mass is 16.5. The fourth-order valence-electron chi connectivity index (χ4n) is 3.82. The molecule has 1 aliphatic heterocycles. The number of phenolic OH excluding ortho intramolecular Hbond substituents is 1. The monoisotopic (exact) mass is 272 g/mol. The summed E-state index contributed by atoms with van der Waals surface area (Å²) in [5, 5.41) is 10.5. The molecule has 0 aromatic heterocycles. The van der Waals surface area contributed by atoms with Crippen LogP contribution in [0, 0.1) is 5.92 Å². The second-order valence-electron chi connectivity index (χ2n) is 6.79. The molecule has 1 aliphatic carbocycles. The van der Waals surface area contributed by atoms with Crippen molar-refractivity contribution in [2.75, 3.05) is 0 Å². The van der Waals surface area contributed by atoms with E-state index >= 15 is 0 Å². The van der Waals surface area contributed by atoms with Gasteiger partial charge in [0.15, 0.2) is 0 Å². The van der Waals surface area contributed by atoms with Crippen LogP contribution in [0.1, 0.15) is 57.6 Å². The van der Waals surface area contributed by atoms with E-state index in [1.807, 2.05) is 6.07 Å². The van der Waals surface area contributed by atoms with Crippen LogP contribution in [-0.4, -0.2) is 10.7 Å².